The molecule has 0 spiro atoms. The number of hydrogen-bond acceptors (Lipinski definition) is 5. The Hall–Kier alpha value is -2.71. The summed E-state index contributed by atoms with van der Waals surface area (Å²) in [4.78, 5) is 17.9. The van der Waals surface area contributed by atoms with Crippen LogP contribution >= 0.6 is 0 Å². The number of nitrogens with zero attached hydrogens (tertiary/aromatic N) is 1. The van der Waals surface area contributed by atoms with E-state index in [9.17, 15) is 13.2 Å². The van der Waals surface area contributed by atoms with Crippen LogP contribution in [0.4, 0.5) is 5.69 Å². The van der Waals surface area contributed by atoms with Crippen molar-refractivity contribution >= 4 is 27.3 Å². The first kappa shape index (κ1) is 20.0. The van der Waals surface area contributed by atoms with E-state index in [0.29, 0.717) is 12.1 Å². The molecule has 0 bridgehead atoms. The lowest BCUT2D eigenvalue weighted by Gasteiger charge is -2.21. The minimum atomic E-state index is -3.81. The largest absolute Gasteiger partial charge is 0.382 e. The molecule has 0 aliphatic carbocycles. The van der Waals surface area contributed by atoms with Gasteiger partial charge in [0.15, 0.2) is 0 Å². The summed E-state index contributed by atoms with van der Waals surface area (Å²) < 4.78 is 28.0. The lowest BCUT2D eigenvalue weighted by Crippen LogP contribution is -2.41. The topological polar surface area (TPSA) is 96.9 Å². The fraction of sp³-hybridized carbons (Fsp3) is 0.300. The Morgan fingerprint density at radius 2 is 1.71 bits per heavy atom. The van der Waals surface area contributed by atoms with E-state index in [1.54, 1.807) is 39.0 Å². The van der Waals surface area contributed by atoms with E-state index < -0.39 is 27.6 Å². The first-order valence-corrected chi connectivity index (χ1v) is 10.4. The summed E-state index contributed by atoms with van der Waals surface area (Å²) >= 11 is 0. The van der Waals surface area contributed by atoms with Gasteiger partial charge >= 0.3 is 0 Å². The van der Waals surface area contributed by atoms with Crippen LogP contribution in [0.3, 0.4) is 0 Å². The summed E-state index contributed by atoms with van der Waals surface area (Å²) in [6, 6.07) is 15.7. The van der Waals surface area contributed by atoms with E-state index in [2.05, 4.69) is 15.2 Å². The Morgan fingerprint density at radius 1 is 1.07 bits per heavy atom. The molecule has 2 aromatic carbocycles. The molecule has 0 radical (unpaired) electrons. The van der Waals surface area contributed by atoms with Gasteiger partial charge in [-0.3, -0.25) is 4.79 Å². The van der Waals surface area contributed by atoms with Crippen molar-refractivity contribution in [3.8, 4) is 0 Å². The third-order valence-corrected chi connectivity index (χ3v) is 5.76. The number of hydrogen-bond donors (Lipinski definition) is 2. The number of carbonyl (C=O) groups is 1. The van der Waals surface area contributed by atoms with Crippen LogP contribution in [0.5, 0.6) is 0 Å². The number of benzene rings is 2. The number of anilines is 1. The number of sulfonamides is 1. The lowest BCUT2D eigenvalue weighted by molar-refractivity contribution is -0.125. The van der Waals surface area contributed by atoms with Crippen LogP contribution < -0.4 is 10.0 Å². The second kappa shape index (κ2) is 7.73. The first-order chi connectivity index (χ1) is 13.2. The molecule has 1 unspecified atom stereocenters. The monoisotopic (exact) mass is 401 g/mol. The summed E-state index contributed by atoms with van der Waals surface area (Å²) in [6.07, 6.45) is -0.507. The van der Waals surface area contributed by atoms with Gasteiger partial charge in [-0.05, 0) is 38.5 Å². The van der Waals surface area contributed by atoms with E-state index in [4.69, 9.17) is 4.84 Å². The Morgan fingerprint density at radius 3 is 2.39 bits per heavy atom. The van der Waals surface area contributed by atoms with Crippen LogP contribution in [0.15, 0.2) is 64.6 Å². The highest BCUT2D eigenvalue weighted by Gasteiger charge is 2.31. The smallest absolute Gasteiger partial charge is 0.268 e. The third-order valence-electron chi connectivity index (χ3n) is 3.94. The summed E-state index contributed by atoms with van der Waals surface area (Å²) in [6.45, 7) is 5.25. The Bertz CT molecular complexity index is 996. The van der Waals surface area contributed by atoms with E-state index in [1.165, 1.54) is 6.07 Å². The predicted octanol–water partition coefficient (Wildman–Crippen LogP) is 2.90. The van der Waals surface area contributed by atoms with Gasteiger partial charge in [-0.25, -0.2) is 13.1 Å². The molecule has 0 saturated heterocycles. The van der Waals surface area contributed by atoms with Crippen molar-refractivity contribution in [3.63, 3.8) is 0 Å². The van der Waals surface area contributed by atoms with E-state index in [0.717, 1.165) is 5.56 Å². The molecule has 2 aromatic rings. The Labute approximate surface area is 164 Å². The Kier molecular flexibility index (Phi) is 5.53. The zero-order chi connectivity index (χ0) is 20.4. The predicted molar refractivity (Wildman–Crippen MR) is 108 cm³/mol. The van der Waals surface area contributed by atoms with Crippen LogP contribution in [0.1, 0.15) is 32.8 Å². The number of para-hydroxylation sites is 1. The molecule has 148 valence electrons. The van der Waals surface area contributed by atoms with Crippen LogP contribution in [-0.4, -0.2) is 31.7 Å². The molecule has 0 saturated carbocycles. The van der Waals surface area contributed by atoms with Crippen molar-refractivity contribution in [1.29, 1.82) is 0 Å². The molecule has 1 amide bonds. The molecule has 0 fully saturated rings. The quantitative estimate of drug-likeness (QED) is 0.805. The minimum absolute atomic E-state index is 0.000438. The lowest BCUT2D eigenvalue weighted by atomic mass is 10.0. The van der Waals surface area contributed by atoms with Gasteiger partial charge in [0.25, 0.3) is 5.91 Å². The molecule has 1 aliphatic heterocycles. The standard InChI is InChI=1S/C20H23N3O4S/c1-20(2,3)23-28(25,26)18-12-8-7-11-15(18)21-19(24)17-13-16(22-27-17)14-9-5-4-6-10-14/h4-12,17,23H,13H2,1-3H3,(H,21,24). The molecular formula is C20H23N3O4S. The summed E-state index contributed by atoms with van der Waals surface area (Å²) in [7, 11) is -3.81. The van der Waals surface area contributed by atoms with Crippen LogP contribution in [0.25, 0.3) is 0 Å². The maximum absolute atomic E-state index is 12.7. The fourth-order valence-corrected chi connectivity index (χ4v) is 4.38. The van der Waals surface area contributed by atoms with Gasteiger partial charge < -0.3 is 10.2 Å². The minimum Gasteiger partial charge on any atom is -0.382 e. The zero-order valence-electron chi connectivity index (χ0n) is 16.0. The normalized spacial score (nSPS) is 17.0. The molecule has 28 heavy (non-hydrogen) atoms. The average molecular weight is 401 g/mol. The third kappa shape index (κ3) is 4.76. The van der Waals surface area contributed by atoms with Gasteiger partial charge in [0, 0.05) is 12.0 Å². The SMILES string of the molecule is CC(C)(C)NS(=O)(=O)c1ccccc1NC(=O)C1CC(c2ccccc2)=NO1. The van der Waals surface area contributed by atoms with Gasteiger partial charge in [-0.2, -0.15) is 0 Å². The molecule has 1 aliphatic rings. The summed E-state index contributed by atoms with van der Waals surface area (Å²) in [5.41, 5.74) is 1.11. The number of nitrogens with one attached hydrogen (secondary N) is 2. The first-order valence-electron chi connectivity index (χ1n) is 8.88. The molecule has 2 N–H and O–H groups in total. The van der Waals surface area contributed by atoms with Gasteiger partial charge in [0.2, 0.25) is 16.1 Å². The van der Waals surface area contributed by atoms with E-state index >= 15 is 0 Å². The number of amides is 1. The molecule has 0 aromatic heterocycles. The van der Waals surface area contributed by atoms with Gasteiger partial charge in [0.1, 0.15) is 4.90 Å². The second-order valence-corrected chi connectivity index (χ2v) is 9.19. The highest BCUT2D eigenvalue weighted by molar-refractivity contribution is 7.89. The van der Waals surface area contributed by atoms with E-state index in [1.807, 2.05) is 30.3 Å². The Balaban J connectivity index is 1.74. The highest BCUT2D eigenvalue weighted by atomic mass is 32.2. The van der Waals surface area contributed by atoms with Crippen LogP contribution in [-0.2, 0) is 19.7 Å². The maximum Gasteiger partial charge on any atom is 0.268 e. The summed E-state index contributed by atoms with van der Waals surface area (Å²) in [5.74, 6) is -0.451. The van der Waals surface area contributed by atoms with Crippen molar-refractivity contribution < 1.29 is 18.0 Å². The maximum atomic E-state index is 12.7. The van der Waals surface area contributed by atoms with Crippen molar-refractivity contribution in [2.75, 3.05) is 5.32 Å². The van der Waals surface area contributed by atoms with Crippen molar-refractivity contribution in [1.82, 2.24) is 4.72 Å². The number of rotatable bonds is 5. The van der Waals surface area contributed by atoms with Gasteiger partial charge in [-0.15, -0.1) is 0 Å². The fourth-order valence-electron chi connectivity index (χ4n) is 2.79. The van der Waals surface area contributed by atoms with Crippen LogP contribution in [0, 0.1) is 0 Å². The molecule has 7 nitrogen and oxygen atoms in total. The molecule has 1 heterocycles. The molecule has 1 atom stereocenters. The van der Waals surface area contributed by atoms with Gasteiger partial charge in [-0.1, -0.05) is 47.6 Å². The average Bonchev–Trinajstić information content (AvgIpc) is 3.11. The summed E-state index contributed by atoms with van der Waals surface area (Å²) in [5, 5.41) is 6.65. The van der Waals surface area contributed by atoms with E-state index in [-0.39, 0.29) is 10.6 Å². The zero-order valence-corrected chi connectivity index (χ0v) is 16.8. The van der Waals surface area contributed by atoms with Crippen LogP contribution in [0.2, 0.25) is 0 Å². The number of oxime groups is 1. The van der Waals surface area contributed by atoms with Crippen molar-refractivity contribution in [2.45, 2.75) is 43.7 Å². The van der Waals surface area contributed by atoms with Crippen molar-refractivity contribution in [2.24, 2.45) is 5.16 Å². The van der Waals surface area contributed by atoms with Gasteiger partial charge in [0.05, 0.1) is 11.4 Å². The molecule has 3 rings (SSSR count). The van der Waals surface area contributed by atoms with Crippen molar-refractivity contribution in [3.05, 3.63) is 60.2 Å². The number of carbonyl (C=O) groups excluding carboxylic acids is 1. The second-order valence-electron chi connectivity index (χ2n) is 7.54. The molecule has 8 heteroatoms. The molecular weight excluding hydrogens is 378 g/mol. The highest BCUT2D eigenvalue weighted by Crippen LogP contribution is 2.24.